The maximum Gasteiger partial charge on any atom is 0.224 e. The lowest BCUT2D eigenvalue weighted by molar-refractivity contribution is 0.612. The molecule has 1 heterocycles. The number of nitrogens with zero attached hydrogens (tertiary/aromatic N) is 2. The van der Waals surface area contributed by atoms with Gasteiger partial charge in [-0.1, -0.05) is 18.2 Å². The van der Waals surface area contributed by atoms with Crippen LogP contribution in [-0.4, -0.2) is 16.0 Å². The number of hydrogen-bond donors (Lipinski definition) is 2. The Balaban J connectivity index is 1.64. The zero-order valence-electron chi connectivity index (χ0n) is 10.4. The molecule has 1 aliphatic carbocycles. The molecule has 1 aromatic heterocycles. The Labute approximate surface area is 111 Å². The molecule has 0 saturated heterocycles. The Morgan fingerprint density at radius 3 is 2.84 bits per heavy atom. The fourth-order valence-electron chi connectivity index (χ4n) is 1.78. The van der Waals surface area contributed by atoms with Gasteiger partial charge in [0.05, 0.1) is 0 Å². The molecule has 0 bridgehead atoms. The monoisotopic (exact) mass is 258 g/mol. The predicted molar refractivity (Wildman–Crippen MR) is 72.4 cm³/mol. The van der Waals surface area contributed by atoms with E-state index < -0.39 is 0 Å². The molecule has 0 unspecified atom stereocenters. The molecule has 98 valence electrons. The summed E-state index contributed by atoms with van der Waals surface area (Å²) < 4.78 is 13.5. The molecule has 0 atom stereocenters. The second-order valence-electron chi connectivity index (χ2n) is 4.63. The Bertz CT molecular complexity index is 569. The van der Waals surface area contributed by atoms with Crippen LogP contribution >= 0.6 is 0 Å². The van der Waals surface area contributed by atoms with Crippen LogP contribution in [0.15, 0.2) is 36.5 Å². The van der Waals surface area contributed by atoms with E-state index in [1.54, 1.807) is 18.3 Å². The van der Waals surface area contributed by atoms with E-state index in [9.17, 15) is 4.39 Å². The Morgan fingerprint density at radius 1 is 1.21 bits per heavy atom. The van der Waals surface area contributed by atoms with Crippen molar-refractivity contribution in [2.24, 2.45) is 0 Å². The minimum Gasteiger partial charge on any atom is -0.367 e. The summed E-state index contributed by atoms with van der Waals surface area (Å²) >= 11 is 0. The smallest absolute Gasteiger partial charge is 0.224 e. The fraction of sp³-hybridized carbons (Fsp3) is 0.286. The van der Waals surface area contributed by atoms with Crippen molar-refractivity contribution >= 4 is 11.8 Å². The van der Waals surface area contributed by atoms with Gasteiger partial charge in [0.1, 0.15) is 11.6 Å². The average Bonchev–Trinajstić information content (AvgIpc) is 3.22. The van der Waals surface area contributed by atoms with Crippen LogP contribution in [0.4, 0.5) is 16.2 Å². The van der Waals surface area contributed by atoms with Crippen molar-refractivity contribution in [3.63, 3.8) is 0 Å². The number of aromatic nitrogens is 2. The highest BCUT2D eigenvalue weighted by Gasteiger charge is 2.21. The molecule has 0 spiro atoms. The minimum absolute atomic E-state index is 0.220. The van der Waals surface area contributed by atoms with E-state index in [4.69, 9.17) is 0 Å². The normalized spacial score (nSPS) is 14.2. The van der Waals surface area contributed by atoms with Crippen molar-refractivity contribution in [1.82, 2.24) is 9.97 Å². The standard InChI is InChI=1S/C14H15FN4/c15-12-4-2-1-3-10(12)9-17-14-16-8-7-13(19-14)18-11-5-6-11/h1-4,7-8,11H,5-6,9H2,(H2,16,17,18,19). The highest BCUT2D eigenvalue weighted by molar-refractivity contribution is 5.41. The third-order valence-electron chi connectivity index (χ3n) is 2.98. The maximum atomic E-state index is 13.5. The number of benzene rings is 1. The van der Waals surface area contributed by atoms with Gasteiger partial charge in [-0.3, -0.25) is 0 Å². The Kier molecular flexibility index (Phi) is 3.27. The summed E-state index contributed by atoms with van der Waals surface area (Å²) in [6, 6.07) is 9.07. The molecule has 5 heteroatoms. The van der Waals surface area contributed by atoms with Crippen molar-refractivity contribution in [1.29, 1.82) is 0 Å². The number of nitrogens with one attached hydrogen (secondary N) is 2. The quantitative estimate of drug-likeness (QED) is 0.865. The van der Waals surface area contributed by atoms with Gasteiger partial charge < -0.3 is 10.6 Å². The average molecular weight is 258 g/mol. The third-order valence-corrected chi connectivity index (χ3v) is 2.98. The van der Waals surface area contributed by atoms with Gasteiger partial charge in [-0.2, -0.15) is 4.98 Å². The largest absolute Gasteiger partial charge is 0.367 e. The first-order chi connectivity index (χ1) is 9.31. The summed E-state index contributed by atoms with van der Waals surface area (Å²) in [4.78, 5) is 8.47. The number of hydrogen-bond acceptors (Lipinski definition) is 4. The molecular formula is C14H15FN4. The van der Waals surface area contributed by atoms with E-state index in [-0.39, 0.29) is 5.82 Å². The molecule has 0 radical (unpaired) electrons. The van der Waals surface area contributed by atoms with Crippen molar-refractivity contribution in [2.45, 2.75) is 25.4 Å². The predicted octanol–water partition coefficient (Wildman–Crippen LogP) is 2.80. The third kappa shape index (κ3) is 3.19. The summed E-state index contributed by atoms with van der Waals surface area (Å²) in [6.07, 6.45) is 4.09. The lowest BCUT2D eigenvalue weighted by Crippen LogP contribution is -2.08. The Hall–Kier alpha value is -2.17. The van der Waals surface area contributed by atoms with Crippen LogP contribution < -0.4 is 10.6 Å². The maximum absolute atomic E-state index is 13.5. The van der Waals surface area contributed by atoms with Gasteiger partial charge in [0, 0.05) is 24.3 Å². The first-order valence-electron chi connectivity index (χ1n) is 6.38. The van der Waals surface area contributed by atoms with Gasteiger partial charge in [0.2, 0.25) is 5.95 Å². The second kappa shape index (κ2) is 5.22. The van der Waals surface area contributed by atoms with Crippen LogP contribution in [-0.2, 0) is 6.54 Å². The van der Waals surface area contributed by atoms with Gasteiger partial charge in [0.25, 0.3) is 0 Å². The van der Waals surface area contributed by atoms with Crippen LogP contribution in [0.1, 0.15) is 18.4 Å². The van der Waals surface area contributed by atoms with Crippen molar-refractivity contribution in [2.75, 3.05) is 10.6 Å². The molecule has 0 amide bonds. The second-order valence-corrected chi connectivity index (χ2v) is 4.63. The van der Waals surface area contributed by atoms with Crippen LogP contribution in [0, 0.1) is 5.82 Å². The molecule has 4 nitrogen and oxygen atoms in total. The van der Waals surface area contributed by atoms with E-state index in [0.717, 1.165) is 5.82 Å². The van der Waals surface area contributed by atoms with Crippen LogP contribution in [0.3, 0.4) is 0 Å². The topological polar surface area (TPSA) is 49.8 Å². The first kappa shape index (κ1) is 11.9. The molecule has 3 rings (SSSR count). The summed E-state index contributed by atoms with van der Waals surface area (Å²) in [5.74, 6) is 1.10. The molecule has 1 saturated carbocycles. The number of halogens is 1. The van der Waals surface area contributed by atoms with Crippen LogP contribution in [0.5, 0.6) is 0 Å². The molecule has 2 aromatic rings. The zero-order chi connectivity index (χ0) is 13.1. The van der Waals surface area contributed by atoms with E-state index in [0.29, 0.717) is 24.1 Å². The summed E-state index contributed by atoms with van der Waals surface area (Å²) in [5, 5.41) is 6.33. The summed E-state index contributed by atoms with van der Waals surface area (Å²) in [5.41, 5.74) is 0.603. The van der Waals surface area contributed by atoms with E-state index in [1.807, 2.05) is 12.1 Å². The summed E-state index contributed by atoms with van der Waals surface area (Å²) in [7, 11) is 0. The van der Waals surface area contributed by atoms with Gasteiger partial charge in [-0.25, -0.2) is 9.37 Å². The van der Waals surface area contributed by atoms with Gasteiger partial charge in [-0.15, -0.1) is 0 Å². The van der Waals surface area contributed by atoms with E-state index >= 15 is 0 Å². The van der Waals surface area contributed by atoms with Crippen LogP contribution in [0.25, 0.3) is 0 Å². The fourth-order valence-corrected chi connectivity index (χ4v) is 1.78. The molecule has 0 aliphatic heterocycles. The molecule has 19 heavy (non-hydrogen) atoms. The highest BCUT2D eigenvalue weighted by Crippen LogP contribution is 2.23. The Morgan fingerprint density at radius 2 is 2.05 bits per heavy atom. The van der Waals surface area contributed by atoms with Crippen molar-refractivity contribution in [3.8, 4) is 0 Å². The van der Waals surface area contributed by atoms with Crippen molar-refractivity contribution in [3.05, 3.63) is 47.9 Å². The summed E-state index contributed by atoms with van der Waals surface area (Å²) in [6.45, 7) is 0.375. The number of anilines is 2. The highest BCUT2D eigenvalue weighted by atomic mass is 19.1. The molecule has 1 aliphatic rings. The lowest BCUT2D eigenvalue weighted by atomic mass is 10.2. The molecule has 2 N–H and O–H groups in total. The van der Waals surface area contributed by atoms with Gasteiger partial charge >= 0.3 is 0 Å². The first-order valence-corrected chi connectivity index (χ1v) is 6.38. The minimum atomic E-state index is -0.220. The number of rotatable bonds is 5. The lowest BCUT2D eigenvalue weighted by Gasteiger charge is -2.08. The zero-order valence-corrected chi connectivity index (χ0v) is 10.4. The molecule has 1 aromatic carbocycles. The van der Waals surface area contributed by atoms with E-state index in [2.05, 4.69) is 20.6 Å². The van der Waals surface area contributed by atoms with Crippen LogP contribution in [0.2, 0.25) is 0 Å². The van der Waals surface area contributed by atoms with Gasteiger partial charge in [0.15, 0.2) is 0 Å². The SMILES string of the molecule is Fc1ccccc1CNc1nccc(NC2CC2)n1. The van der Waals surface area contributed by atoms with Crippen molar-refractivity contribution < 1.29 is 4.39 Å². The molecular weight excluding hydrogens is 243 g/mol. The van der Waals surface area contributed by atoms with E-state index in [1.165, 1.54) is 18.9 Å². The van der Waals surface area contributed by atoms with Gasteiger partial charge in [-0.05, 0) is 25.0 Å². The molecule has 1 fully saturated rings.